The molecule has 0 bridgehead atoms. The summed E-state index contributed by atoms with van der Waals surface area (Å²) in [6.45, 7) is 3.51. The van der Waals surface area contributed by atoms with E-state index in [0.29, 0.717) is 41.6 Å². The summed E-state index contributed by atoms with van der Waals surface area (Å²) in [5.41, 5.74) is 3.80. The molecule has 5 nitrogen and oxygen atoms in total. The van der Waals surface area contributed by atoms with Gasteiger partial charge in [0, 0.05) is 29.6 Å². The number of fused-ring (bicyclic) bond motifs is 1. The second-order valence-corrected chi connectivity index (χ2v) is 9.30. The van der Waals surface area contributed by atoms with Gasteiger partial charge in [-0.25, -0.2) is 4.98 Å². The molecule has 0 spiro atoms. The number of nitrogens with zero attached hydrogens (tertiary/aromatic N) is 3. The summed E-state index contributed by atoms with van der Waals surface area (Å²) in [4.78, 5) is 20.9. The first-order valence-electron chi connectivity index (χ1n) is 11.0. The highest BCUT2D eigenvalue weighted by Gasteiger charge is 2.16. The van der Waals surface area contributed by atoms with Gasteiger partial charge < -0.3 is 9.64 Å². The minimum Gasteiger partial charge on any atom is -0.378 e. The van der Waals surface area contributed by atoms with Crippen LogP contribution in [0.4, 0.5) is 5.69 Å². The SMILES string of the molecule is O=c1c2cc(N3CCOCC3)ccc2nc(SCc2ccccc2Cl)n1Cc1ccccc1. The van der Waals surface area contributed by atoms with Crippen LogP contribution in [0, 0.1) is 0 Å². The molecule has 168 valence electrons. The van der Waals surface area contributed by atoms with E-state index in [9.17, 15) is 4.79 Å². The normalized spacial score (nSPS) is 14.0. The second kappa shape index (κ2) is 10.00. The van der Waals surface area contributed by atoms with E-state index >= 15 is 0 Å². The van der Waals surface area contributed by atoms with E-state index in [-0.39, 0.29) is 5.56 Å². The molecule has 4 aromatic rings. The average molecular weight is 478 g/mol. The molecule has 2 heterocycles. The van der Waals surface area contributed by atoms with Crippen LogP contribution in [0.2, 0.25) is 5.02 Å². The number of benzene rings is 3. The van der Waals surface area contributed by atoms with Crippen LogP contribution in [0.25, 0.3) is 10.9 Å². The number of rotatable bonds is 6. The summed E-state index contributed by atoms with van der Waals surface area (Å²) < 4.78 is 7.25. The van der Waals surface area contributed by atoms with Crippen molar-refractivity contribution in [1.29, 1.82) is 0 Å². The molecule has 5 rings (SSSR count). The van der Waals surface area contributed by atoms with E-state index in [1.165, 1.54) is 11.8 Å². The number of aromatic nitrogens is 2. The molecular weight excluding hydrogens is 454 g/mol. The predicted octanol–water partition coefficient (Wildman–Crippen LogP) is 5.23. The summed E-state index contributed by atoms with van der Waals surface area (Å²) in [7, 11) is 0. The van der Waals surface area contributed by atoms with Gasteiger partial charge in [0.15, 0.2) is 5.16 Å². The van der Waals surface area contributed by atoms with Crippen molar-refractivity contribution >= 4 is 40.0 Å². The fraction of sp³-hybridized carbons (Fsp3) is 0.231. The van der Waals surface area contributed by atoms with Crippen LogP contribution >= 0.6 is 23.4 Å². The fourth-order valence-corrected chi connectivity index (χ4v) is 5.26. The molecule has 1 fully saturated rings. The Balaban J connectivity index is 1.55. The Bertz CT molecular complexity index is 1320. The van der Waals surface area contributed by atoms with Crippen LogP contribution in [0.3, 0.4) is 0 Å². The van der Waals surface area contributed by atoms with Crippen LogP contribution in [-0.2, 0) is 17.0 Å². The molecular formula is C26H24ClN3O2S. The highest BCUT2D eigenvalue weighted by atomic mass is 35.5. The molecule has 0 atom stereocenters. The van der Waals surface area contributed by atoms with Gasteiger partial charge in [0.2, 0.25) is 0 Å². The number of morpholine rings is 1. The average Bonchev–Trinajstić information content (AvgIpc) is 2.86. The van der Waals surface area contributed by atoms with Crippen LogP contribution < -0.4 is 10.5 Å². The lowest BCUT2D eigenvalue weighted by molar-refractivity contribution is 0.122. The molecule has 1 aliphatic heterocycles. The fourth-order valence-electron chi connectivity index (χ4n) is 3.98. The third kappa shape index (κ3) is 4.93. The topological polar surface area (TPSA) is 47.4 Å². The van der Waals surface area contributed by atoms with Crippen molar-refractivity contribution in [2.75, 3.05) is 31.2 Å². The molecule has 1 aromatic heterocycles. The third-order valence-electron chi connectivity index (χ3n) is 5.78. The van der Waals surface area contributed by atoms with Gasteiger partial charge >= 0.3 is 0 Å². The van der Waals surface area contributed by atoms with Gasteiger partial charge in [-0.3, -0.25) is 9.36 Å². The summed E-state index contributed by atoms with van der Waals surface area (Å²) >= 11 is 7.90. The molecule has 0 unspecified atom stereocenters. The van der Waals surface area contributed by atoms with E-state index in [4.69, 9.17) is 21.3 Å². The van der Waals surface area contributed by atoms with Gasteiger partial charge in [0.1, 0.15) is 0 Å². The first-order chi connectivity index (χ1) is 16.2. The van der Waals surface area contributed by atoms with E-state index < -0.39 is 0 Å². The zero-order valence-corrected chi connectivity index (χ0v) is 19.7. The Kier molecular flexibility index (Phi) is 6.67. The summed E-state index contributed by atoms with van der Waals surface area (Å²) in [6, 6.07) is 23.8. The number of thioether (sulfide) groups is 1. The van der Waals surface area contributed by atoms with Crippen molar-refractivity contribution in [2.45, 2.75) is 17.5 Å². The number of ether oxygens (including phenoxy) is 1. The van der Waals surface area contributed by atoms with E-state index in [2.05, 4.69) is 4.90 Å². The smallest absolute Gasteiger partial charge is 0.262 e. The minimum atomic E-state index is -0.0272. The number of halogens is 1. The van der Waals surface area contributed by atoms with Gasteiger partial charge in [0.25, 0.3) is 5.56 Å². The number of anilines is 1. The maximum Gasteiger partial charge on any atom is 0.262 e. The first-order valence-corrected chi connectivity index (χ1v) is 12.3. The van der Waals surface area contributed by atoms with Crippen LogP contribution in [0.5, 0.6) is 0 Å². The quantitative estimate of drug-likeness (QED) is 0.281. The lowest BCUT2D eigenvalue weighted by atomic mass is 10.2. The zero-order chi connectivity index (χ0) is 22.6. The largest absolute Gasteiger partial charge is 0.378 e. The van der Waals surface area contributed by atoms with Gasteiger partial charge in [-0.05, 0) is 35.4 Å². The maximum absolute atomic E-state index is 13.7. The van der Waals surface area contributed by atoms with Crippen molar-refractivity contribution in [3.8, 4) is 0 Å². The maximum atomic E-state index is 13.7. The van der Waals surface area contributed by atoms with Crippen molar-refractivity contribution in [2.24, 2.45) is 0 Å². The Hall–Kier alpha value is -2.80. The van der Waals surface area contributed by atoms with Crippen LogP contribution in [0.15, 0.2) is 82.7 Å². The monoisotopic (exact) mass is 477 g/mol. The summed E-state index contributed by atoms with van der Waals surface area (Å²) in [6.07, 6.45) is 0. The van der Waals surface area contributed by atoms with E-state index in [0.717, 1.165) is 34.9 Å². The highest BCUT2D eigenvalue weighted by molar-refractivity contribution is 7.98. The van der Waals surface area contributed by atoms with Crippen molar-refractivity contribution in [1.82, 2.24) is 9.55 Å². The first kappa shape index (κ1) is 22.0. The molecule has 0 N–H and O–H groups in total. The third-order valence-corrected chi connectivity index (χ3v) is 7.17. The Morgan fingerprint density at radius 1 is 0.970 bits per heavy atom. The van der Waals surface area contributed by atoms with Crippen LogP contribution in [0.1, 0.15) is 11.1 Å². The lowest BCUT2D eigenvalue weighted by Gasteiger charge is -2.29. The molecule has 0 radical (unpaired) electrons. The van der Waals surface area contributed by atoms with E-state index in [1.54, 1.807) is 4.57 Å². The molecule has 7 heteroatoms. The predicted molar refractivity (Wildman–Crippen MR) is 136 cm³/mol. The van der Waals surface area contributed by atoms with Crippen molar-refractivity contribution < 1.29 is 4.74 Å². The molecule has 0 amide bonds. The number of hydrogen-bond acceptors (Lipinski definition) is 5. The van der Waals surface area contributed by atoms with Gasteiger partial charge in [-0.1, -0.05) is 71.9 Å². The highest BCUT2D eigenvalue weighted by Crippen LogP contribution is 2.28. The Morgan fingerprint density at radius 3 is 2.52 bits per heavy atom. The van der Waals surface area contributed by atoms with Crippen LogP contribution in [-0.4, -0.2) is 35.9 Å². The standard InChI is InChI=1S/C26H24ClN3O2S/c27-23-9-5-4-8-20(23)18-33-26-28-24-11-10-21(29-12-14-32-15-13-29)16-22(24)25(31)30(26)17-19-6-2-1-3-7-19/h1-11,16H,12-15,17-18H2. The van der Waals surface area contributed by atoms with Crippen molar-refractivity contribution in [3.63, 3.8) is 0 Å². The Morgan fingerprint density at radius 2 is 1.73 bits per heavy atom. The molecule has 33 heavy (non-hydrogen) atoms. The van der Waals surface area contributed by atoms with Gasteiger partial charge in [-0.15, -0.1) is 0 Å². The summed E-state index contributed by atoms with van der Waals surface area (Å²) in [5, 5.41) is 2.05. The summed E-state index contributed by atoms with van der Waals surface area (Å²) in [5.74, 6) is 0.637. The van der Waals surface area contributed by atoms with Gasteiger partial charge in [-0.2, -0.15) is 0 Å². The zero-order valence-electron chi connectivity index (χ0n) is 18.1. The van der Waals surface area contributed by atoms with Crippen molar-refractivity contribution in [3.05, 3.63) is 99.3 Å². The molecule has 0 saturated carbocycles. The molecule has 1 aliphatic rings. The second-order valence-electron chi connectivity index (χ2n) is 7.95. The van der Waals surface area contributed by atoms with Gasteiger partial charge in [0.05, 0.1) is 30.7 Å². The minimum absolute atomic E-state index is 0.0272. The number of hydrogen-bond donors (Lipinski definition) is 0. The molecule has 1 saturated heterocycles. The Labute approximate surface area is 202 Å². The molecule has 0 aliphatic carbocycles. The molecule has 3 aromatic carbocycles. The van der Waals surface area contributed by atoms with E-state index in [1.807, 2.05) is 72.8 Å². The lowest BCUT2D eigenvalue weighted by Crippen LogP contribution is -2.36.